The summed E-state index contributed by atoms with van der Waals surface area (Å²) < 4.78 is 7.74. The second-order valence-corrected chi connectivity index (χ2v) is 6.66. The quantitative estimate of drug-likeness (QED) is 0.903. The van der Waals surface area contributed by atoms with Crippen LogP contribution in [0, 0.1) is 0 Å². The summed E-state index contributed by atoms with van der Waals surface area (Å²) in [6, 6.07) is 0.166. The summed E-state index contributed by atoms with van der Waals surface area (Å²) in [6.45, 7) is 6.86. The van der Waals surface area contributed by atoms with Gasteiger partial charge in [-0.15, -0.1) is 0 Å². The van der Waals surface area contributed by atoms with Gasteiger partial charge >= 0.3 is 6.03 Å². The van der Waals surface area contributed by atoms with Crippen molar-refractivity contribution < 1.29 is 9.53 Å². The maximum atomic E-state index is 12.5. The van der Waals surface area contributed by atoms with Crippen molar-refractivity contribution in [3.05, 3.63) is 18.2 Å². The van der Waals surface area contributed by atoms with Crippen LogP contribution in [0.4, 0.5) is 4.79 Å². The van der Waals surface area contributed by atoms with Crippen molar-refractivity contribution in [2.75, 3.05) is 39.3 Å². The summed E-state index contributed by atoms with van der Waals surface area (Å²) in [4.78, 5) is 21.3. The summed E-state index contributed by atoms with van der Waals surface area (Å²) in [5.41, 5.74) is 0. The van der Waals surface area contributed by atoms with Gasteiger partial charge in [0.2, 0.25) is 0 Å². The van der Waals surface area contributed by atoms with E-state index in [1.54, 1.807) is 0 Å². The predicted molar refractivity (Wildman–Crippen MR) is 91.8 cm³/mol. The Labute approximate surface area is 144 Å². The lowest BCUT2D eigenvalue weighted by molar-refractivity contribution is 0.0168. The number of carbonyl (C=O) groups excluding carboxylic acids is 1. The number of nitrogens with zero attached hydrogens (tertiary/aromatic N) is 4. The van der Waals surface area contributed by atoms with Crippen molar-refractivity contribution in [2.24, 2.45) is 7.05 Å². The lowest BCUT2D eigenvalue weighted by Crippen LogP contribution is -2.54. The molecule has 1 aromatic heterocycles. The molecule has 0 unspecified atom stereocenters. The van der Waals surface area contributed by atoms with Crippen molar-refractivity contribution in [1.29, 1.82) is 0 Å². The number of aromatic nitrogens is 2. The maximum absolute atomic E-state index is 12.5. The van der Waals surface area contributed by atoms with Crippen LogP contribution in [-0.4, -0.2) is 70.8 Å². The van der Waals surface area contributed by atoms with Gasteiger partial charge in [-0.3, -0.25) is 4.90 Å². The summed E-state index contributed by atoms with van der Waals surface area (Å²) in [5.74, 6) is 1.02. The van der Waals surface area contributed by atoms with E-state index < -0.39 is 0 Å². The number of amides is 2. The number of rotatable bonds is 4. The SMILES string of the molecule is CCN1CCN(C(=O)NC[C@@H]2CCCCO2)C[C@H]1c1nccn1C. The number of urea groups is 1. The Hall–Kier alpha value is -1.60. The van der Waals surface area contributed by atoms with Gasteiger partial charge in [0.1, 0.15) is 5.82 Å². The fourth-order valence-corrected chi connectivity index (χ4v) is 3.61. The molecule has 7 nitrogen and oxygen atoms in total. The molecule has 2 amide bonds. The molecule has 134 valence electrons. The largest absolute Gasteiger partial charge is 0.376 e. The van der Waals surface area contributed by atoms with Gasteiger partial charge in [-0.1, -0.05) is 6.92 Å². The minimum Gasteiger partial charge on any atom is -0.376 e. The van der Waals surface area contributed by atoms with Crippen molar-refractivity contribution in [3.63, 3.8) is 0 Å². The zero-order chi connectivity index (χ0) is 16.9. The number of hydrogen-bond donors (Lipinski definition) is 1. The highest BCUT2D eigenvalue weighted by molar-refractivity contribution is 5.74. The van der Waals surface area contributed by atoms with Crippen LogP contribution in [0.3, 0.4) is 0 Å². The first-order valence-electron chi connectivity index (χ1n) is 9.04. The summed E-state index contributed by atoms with van der Waals surface area (Å²) in [5, 5.41) is 3.05. The number of imidazole rings is 1. The van der Waals surface area contributed by atoms with Gasteiger partial charge in [-0.25, -0.2) is 9.78 Å². The molecule has 0 radical (unpaired) electrons. The highest BCUT2D eigenvalue weighted by Crippen LogP contribution is 2.23. The number of piperazine rings is 1. The van der Waals surface area contributed by atoms with E-state index in [4.69, 9.17) is 4.74 Å². The van der Waals surface area contributed by atoms with Crippen molar-refractivity contribution in [1.82, 2.24) is 24.7 Å². The van der Waals surface area contributed by atoms with Crippen LogP contribution in [0.15, 0.2) is 12.4 Å². The normalized spacial score (nSPS) is 25.7. The van der Waals surface area contributed by atoms with Gasteiger partial charge in [0.25, 0.3) is 0 Å². The minimum atomic E-state index is 0.0131. The second kappa shape index (κ2) is 7.98. The van der Waals surface area contributed by atoms with E-state index in [9.17, 15) is 4.79 Å². The highest BCUT2D eigenvalue weighted by atomic mass is 16.5. The van der Waals surface area contributed by atoms with Crippen molar-refractivity contribution in [2.45, 2.75) is 38.3 Å². The van der Waals surface area contributed by atoms with Crippen LogP contribution < -0.4 is 5.32 Å². The number of carbonyl (C=O) groups is 1. The molecule has 24 heavy (non-hydrogen) atoms. The van der Waals surface area contributed by atoms with Gasteiger partial charge < -0.3 is 19.5 Å². The number of aryl methyl sites for hydroxylation is 1. The number of likely N-dealkylation sites (N-methyl/N-ethyl adjacent to an activating group) is 1. The van der Waals surface area contributed by atoms with E-state index in [1.165, 1.54) is 6.42 Å². The average Bonchev–Trinajstić information content (AvgIpc) is 3.05. The third-order valence-electron chi connectivity index (χ3n) is 5.10. The molecule has 2 atom stereocenters. The molecule has 1 aromatic rings. The predicted octanol–water partition coefficient (Wildman–Crippen LogP) is 1.38. The third-order valence-corrected chi connectivity index (χ3v) is 5.10. The molecule has 0 bridgehead atoms. The summed E-state index contributed by atoms with van der Waals surface area (Å²) in [7, 11) is 2.01. The second-order valence-electron chi connectivity index (χ2n) is 6.66. The molecule has 2 fully saturated rings. The Balaban J connectivity index is 1.57. The zero-order valence-corrected chi connectivity index (χ0v) is 14.8. The van der Waals surface area contributed by atoms with Crippen LogP contribution in [0.5, 0.6) is 0 Å². The average molecular weight is 335 g/mol. The molecule has 2 saturated heterocycles. The van der Waals surface area contributed by atoms with E-state index in [-0.39, 0.29) is 18.2 Å². The first-order valence-corrected chi connectivity index (χ1v) is 9.04. The lowest BCUT2D eigenvalue weighted by Gasteiger charge is -2.40. The van der Waals surface area contributed by atoms with Gasteiger partial charge in [-0.05, 0) is 25.8 Å². The Morgan fingerprint density at radius 1 is 1.42 bits per heavy atom. The molecular formula is C17H29N5O2. The number of hydrogen-bond acceptors (Lipinski definition) is 4. The molecule has 3 rings (SSSR count). The number of ether oxygens (including phenoxy) is 1. The highest BCUT2D eigenvalue weighted by Gasteiger charge is 2.32. The molecule has 2 aliphatic heterocycles. The monoisotopic (exact) mass is 335 g/mol. The minimum absolute atomic E-state index is 0.0131. The summed E-state index contributed by atoms with van der Waals surface area (Å²) in [6.07, 6.45) is 7.32. The molecule has 7 heteroatoms. The fourth-order valence-electron chi connectivity index (χ4n) is 3.61. The standard InChI is InChI=1S/C17H29N5O2/c1-3-21-9-10-22(13-15(21)16-18-7-8-20(16)2)17(23)19-12-14-6-4-5-11-24-14/h7-8,14-15H,3-6,9-13H2,1-2H3,(H,19,23)/t14-,15-/m0/s1. The van der Waals surface area contributed by atoms with Crippen molar-refractivity contribution in [3.8, 4) is 0 Å². The van der Waals surface area contributed by atoms with Gasteiger partial charge in [-0.2, -0.15) is 0 Å². The fraction of sp³-hybridized carbons (Fsp3) is 0.765. The lowest BCUT2D eigenvalue weighted by atomic mass is 10.1. The smallest absolute Gasteiger partial charge is 0.317 e. The molecule has 2 aliphatic rings. The topological polar surface area (TPSA) is 62.6 Å². The Bertz CT molecular complexity index is 541. The molecular weight excluding hydrogens is 306 g/mol. The van der Waals surface area contributed by atoms with E-state index in [1.807, 2.05) is 28.9 Å². The first kappa shape index (κ1) is 17.2. The molecule has 1 N–H and O–H groups in total. The molecule has 0 aromatic carbocycles. The van der Waals surface area contributed by atoms with Crippen LogP contribution in [0.25, 0.3) is 0 Å². The van der Waals surface area contributed by atoms with E-state index in [0.717, 1.165) is 44.9 Å². The molecule has 3 heterocycles. The van der Waals surface area contributed by atoms with Crippen LogP contribution in [0.2, 0.25) is 0 Å². The first-order chi connectivity index (χ1) is 11.7. The van der Waals surface area contributed by atoms with E-state index in [2.05, 4.69) is 22.1 Å². The zero-order valence-electron chi connectivity index (χ0n) is 14.8. The van der Waals surface area contributed by atoms with Gasteiger partial charge in [0.15, 0.2) is 0 Å². The Morgan fingerprint density at radius 3 is 2.96 bits per heavy atom. The van der Waals surface area contributed by atoms with E-state index >= 15 is 0 Å². The van der Waals surface area contributed by atoms with E-state index in [0.29, 0.717) is 13.1 Å². The number of nitrogens with one attached hydrogen (secondary N) is 1. The Kier molecular flexibility index (Phi) is 5.73. The third kappa shape index (κ3) is 3.89. The van der Waals surface area contributed by atoms with Crippen LogP contribution >= 0.6 is 0 Å². The van der Waals surface area contributed by atoms with Gasteiger partial charge in [0, 0.05) is 52.2 Å². The van der Waals surface area contributed by atoms with Crippen molar-refractivity contribution >= 4 is 6.03 Å². The molecule has 0 saturated carbocycles. The molecule has 0 spiro atoms. The maximum Gasteiger partial charge on any atom is 0.317 e. The summed E-state index contributed by atoms with van der Waals surface area (Å²) >= 11 is 0. The van der Waals surface area contributed by atoms with Crippen LogP contribution in [0.1, 0.15) is 38.1 Å². The Morgan fingerprint density at radius 2 is 2.29 bits per heavy atom. The van der Waals surface area contributed by atoms with Crippen LogP contribution in [-0.2, 0) is 11.8 Å². The molecule has 0 aliphatic carbocycles. The van der Waals surface area contributed by atoms with Gasteiger partial charge in [0.05, 0.1) is 12.1 Å².